The summed E-state index contributed by atoms with van der Waals surface area (Å²) in [6, 6.07) is 3.91. The summed E-state index contributed by atoms with van der Waals surface area (Å²) in [6.07, 6.45) is -0.855. The van der Waals surface area contributed by atoms with Crippen LogP contribution in [-0.4, -0.2) is 32.1 Å². The molecule has 0 radical (unpaired) electrons. The van der Waals surface area contributed by atoms with Crippen molar-refractivity contribution >= 4 is 11.6 Å². The van der Waals surface area contributed by atoms with Crippen LogP contribution in [0.4, 0.5) is 4.39 Å². The number of methoxy groups -OCH3 is 2. The Morgan fingerprint density at radius 2 is 2.06 bits per heavy atom. The zero-order valence-electron chi connectivity index (χ0n) is 10.1. The summed E-state index contributed by atoms with van der Waals surface area (Å²) in [5.41, 5.74) is 0.963. The first-order valence-corrected chi connectivity index (χ1v) is 5.50. The van der Waals surface area contributed by atoms with Gasteiger partial charge in [-0.15, -0.1) is 0 Å². The molecule has 0 saturated heterocycles. The second kappa shape index (κ2) is 4.96. The van der Waals surface area contributed by atoms with Crippen LogP contribution in [0.1, 0.15) is 15.9 Å². The second-order valence-electron chi connectivity index (χ2n) is 4.13. The fourth-order valence-corrected chi connectivity index (χ4v) is 2.19. The van der Waals surface area contributed by atoms with Crippen molar-refractivity contribution in [2.75, 3.05) is 14.2 Å². The number of fused-ring (bicyclic) bond motifs is 1. The molecule has 0 saturated carbocycles. The lowest BCUT2D eigenvalue weighted by Gasteiger charge is -2.15. The SMILES string of the molecule is COC(OC)C(=O)C1Cc2cc(F)ccc2C1=O. The van der Waals surface area contributed by atoms with Crippen molar-refractivity contribution in [2.45, 2.75) is 12.7 Å². The van der Waals surface area contributed by atoms with Crippen molar-refractivity contribution in [3.05, 3.63) is 35.1 Å². The quantitative estimate of drug-likeness (QED) is 0.600. The van der Waals surface area contributed by atoms with E-state index in [0.717, 1.165) is 0 Å². The molecular weight excluding hydrogens is 239 g/mol. The topological polar surface area (TPSA) is 52.6 Å². The van der Waals surface area contributed by atoms with Crippen molar-refractivity contribution in [3.63, 3.8) is 0 Å². The van der Waals surface area contributed by atoms with Crippen LogP contribution in [0.15, 0.2) is 18.2 Å². The molecule has 0 spiro atoms. The first-order valence-electron chi connectivity index (χ1n) is 5.50. The van der Waals surface area contributed by atoms with Crippen LogP contribution in [-0.2, 0) is 20.7 Å². The Labute approximate surface area is 104 Å². The van der Waals surface area contributed by atoms with Crippen LogP contribution in [0.5, 0.6) is 0 Å². The normalized spacial score (nSPS) is 18.2. The highest BCUT2D eigenvalue weighted by Crippen LogP contribution is 2.29. The lowest BCUT2D eigenvalue weighted by Crippen LogP contribution is -2.34. The summed E-state index contributed by atoms with van der Waals surface area (Å²) in [4.78, 5) is 24.0. The molecule has 0 N–H and O–H groups in total. The van der Waals surface area contributed by atoms with E-state index in [0.29, 0.717) is 11.1 Å². The first kappa shape index (κ1) is 12.9. The standard InChI is InChI=1S/C13H13FO4/c1-17-13(18-2)12(16)10-6-7-5-8(14)3-4-9(7)11(10)15/h3-5,10,13H,6H2,1-2H3. The molecule has 1 unspecified atom stereocenters. The fraction of sp³-hybridized carbons (Fsp3) is 0.385. The van der Waals surface area contributed by atoms with Crippen molar-refractivity contribution in [2.24, 2.45) is 5.92 Å². The van der Waals surface area contributed by atoms with Gasteiger partial charge in [0.2, 0.25) is 6.29 Å². The smallest absolute Gasteiger partial charge is 0.218 e. The monoisotopic (exact) mass is 252 g/mol. The molecule has 0 bridgehead atoms. The van der Waals surface area contributed by atoms with Crippen LogP contribution in [0, 0.1) is 11.7 Å². The molecule has 0 aromatic heterocycles. The Morgan fingerprint density at radius 1 is 1.39 bits per heavy atom. The van der Waals surface area contributed by atoms with E-state index in [1.54, 1.807) is 0 Å². The fourth-order valence-electron chi connectivity index (χ4n) is 2.19. The summed E-state index contributed by atoms with van der Waals surface area (Å²) in [7, 11) is 2.66. The van der Waals surface area contributed by atoms with Gasteiger partial charge in [0, 0.05) is 19.8 Å². The second-order valence-corrected chi connectivity index (χ2v) is 4.13. The number of rotatable bonds is 4. The Balaban J connectivity index is 2.26. The third-order valence-electron chi connectivity index (χ3n) is 3.08. The Bertz CT molecular complexity index is 494. The molecule has 5 heteroatoms. The van der Waals surface area contributed by atoms with Gasteiger partial charge >= 0.3 is 0 Å². The van der Waals surface area contributed by atoms with Crippen LogP contribution in [0.3, 0.4) is 0 Å². The van der Waals surface area contributed by atoms with E-state index >= 15 is 0 Å². The third kappa shape index (κ3) is 2.07. The van der Waals surface area contributed by atoms with E-state index < -0.39 is 23.8 Å². The van der Waals surface area contributed by atoms with E-state index in [-0.39, 0.29) is 12.2 Å². The average Bonchev–Trinajstić information content (AvgIpc) is 2.67. The maximum atomic E-state index is 13.1. The molecule has 18 heavy (non-hydrogen) atoms. The molecule has 0 amide bonds. The van der Waals surface area contributed by atoms with Crippen molar-refractivity contribution in [1.82, 2.24) is 0 Å². The molecule has 4 nitrogen and oxygen atoms in total. The number of ether oxygens (including phenoxy) is 2. The highest BCUT2D eigenvalue weighted by atomic mass is 19.1. The number of ketones is 2. The average molecular weight is 252 g/mol. The van der Waals surface area contributed by atoms with Crippen molar-refractivity contribution in [1.29, 1.82) is 0 Å². The van der Waals surface area contributed by atoms with Crippen LogP contribution in [0.25, 0.3) is 0 Å². The molecule has 1 aromatic carbocycles. The summed E-state index contributed by atoms with van der Waals surface area (Å²) in [6.45, 7) is 0. The predicted octanol–water partition coefficient (Wildman–Crippen LogP) is 1.37. The maximum Gasteiger partial charge on any atom is 0.218 e. The zero-order valence-corrected chi connectivity index (χ0v) is 10.1. The third-order valence-corrected chi connectivity index (χ3v) is 3.08. The largest absolute Gasteiger partial charge is 0.349 e. The predicted molar refractivity (Wildman–Crippen MR) is 60.7 cm³/mol. The minimum atomic E-state index is -1.06. The summed E-state index contributed by atoms with van der Waals surface area (Å²) >= 11 is 0. The molecule has 2 rings (SSSR count). The van der Waals surface area contributed by atoms with Gasteiger partial charge < -0.3 is 9.47 Å². The number of hydrogen-bond donors (Lipinski definition) is 0. The molecule has 1 aliphatic rings. The van der Waals surface area contributed by atoms with Gasteiger partial charge in [-0.05, 0) is 30.2 Å². The number of halogens is 1. The maximum absolute atomic E-state index is 13.1. The van der Waals surface area contributed by atoms with Gasteiger partial charge in [-0.25, -0.2) is 4.39 Å². The molecular formula is C13H13FO4. The number of carbonyl (C=O) groups is 2. The molecule has 0 aliphatic heterocycles. The Hall–Kier alpha value is -1.59. The summed E-state index contributed by atoms with van der Waals surface area (Å²) < 4.78 is 22.8. The van der Waals surface area contributed by atoms with E-state index in [2.05, 4.69) is 0 Å². The number of benzene rings is 1. The van der Waals surface area contributed by atoms with Crippen molar-refractivity contribution in [3.8, 4) is 0 Å². The Morgan fingerprint density at radius 3 is 2.67 bits per heavy atom. The molecule has 0 fully saturated rings. The molecule has 0 heterocycles. The summed E-state index contributed by atoms with van der Waals surface area (Å²) in [5, 5.41) is 0. The number of Topliss-reactive ketones (excluding diaryl/α,β-unsaturated/α-hetero) is 2. The van der Waals surface area contributed by atoms with Gasteiger partial charge in [-0.1, -0.05) is 0 Å². The number of carbonyl (C=O) groups excluding carboxylic acids is 2. The Kier molecular flexibility index (Phi) is 3.54. The van der Waals surface area contributed by atoms with Gasteiger partial charge in [-0.2, -0.15) is 0 Å². The van der Waals surface area contributed by atoms with Crippen LogP contribution >= 0.6 is 0 Å². The lowest BCUT2D eigenvalue weighted by molar-refractivity contribution is -0.159. The van der Waals surface area contributed by atoms with Crippen LogP contribution in [0.2, 0.25) is 0 Å². The minimum absolute atomic E-state index is 0.202. The van der Waals surface area contributed by atoms with E-state index in [1.807, 2.05) is 0 Å². The molecule has 1 aromatic rings. The van der Waals surface area contributed by atoms with E-state index in [9.17, 15) is 14.0 Å². The van der Waals surface area contributed by atoms with E-state index in [4.69, 9.17) is 9.47 Å². The zero-order chi connectivity index (χ0) is 13.3. The number of hydrogen-bond acceptors (Lipinski definition) is 4. The van der Waals surface area contributed by atoms with Gasteiger partial charge in [0.05, 0.1) is 5.92 Å². The van der Waals surface area contributed by atoms with Gasteiger partial charge in [0.25, 0.3) is 0 Å². The van der Waals surface area contributed by atoms with Crippen molar-refractivity contribution < 1.29 is 23.5 Å². The lowest BCUT2D eigenvalue weighted by atomic mass is 9.99. The minimum Gasteiger partial charge on any atom is -0.349 e. The van der Waals surface area contributed by atoms with Crippen LogP contribution < -0.4 is 0 Å². The van der Waals surface area contributed by atoms with Gasteiger partial charge in [0.15, 0.2) is 11.6 Å². The highest BCUT2D eigenvalue weighted by molar-refractivity contribution is 6.14. The molecule has 1 aliphatic carbocycles. The van der Waals surface area contributed by atoms with Gasteiger partial charge in [0.1, 0.15) is 5.82 Å². The van der Waals surface area contributed by atoms with Gasteiger partial charge in [-0.3, -0.25) is 9.59 Å². The highest BCUT2D eigenvalue weighted by Gasteiger charge is 2.39. The molecule has 96 valence electrons. The summed E-state index contributed by atoms with van der Waals surface area (Å²) in [5.74, 6) is -1.98. The molecule has 1 atom stereocenters. The van der Waals surface area contributed by atoms with E-state index in [1.165, 1.54) is 32.4 Å². The first-order chi connectivity index (χ1) is 8.58.